The number of hydrogen-bond acceptors (Lipinski definition) is 3. The van der Waals surface area contributed by atoms with Gasteiger partial charge in [-0.3, -0.25) is 0 Å². The van der Waals surface area contributed by atoms with Gasteiger partial charge < -0.3 is 5.73 Å². The van der Waals surface area contributed by atoms with E-state index in [0.29, 0.717) is 5.92 Å². The Bertz CT molecular complexity index is 288. The molecule has 0 radical (unpaired) electrons. The van der Waals surface area contributed by atoms with Crippen LogP contribution >= 0.6 is 15.9 Å². The van der Waals surface area contributed by atoms with Gasteiger partial charge in [-0.25, -0.2) is 9.97 Å². The molecule has 1 rings (SSSR count). The summed E-state index contributed by atoms with van der Waals surface area (Å²) in [5, 5.41) is 0. The fourth-order valence-corrected chi connectivity index (χ4v) is 1.81. The van der Waals surface area contributed by atoms with Crippen molar-refractivity contribution in [3.8, 4) is 0 Å². The molecule has 0 aliphatic carbocycles. The molecule has 1 atom stereocenters. The monoisotopic (exact) mass is 257 g/mol. The van der Waals surface area contributed by atoms with Gasteiger partial charge in [0.25, 0.3) is 0 Å². The van der Waals surface area contributed by atoms with Crippen molar-refractivity contribution >= 4 is 15.9 Å². The SMILES string of the molecule is CC(C)CC(N)Cc1ncncc1Br. The van der Waals surface area contributed by atoms with Crippen molar-refractivity contribution < 1.29 is 0 Å². The smallest absolute Gasteiger partial charge is 0.115 e. The Morgan fingerprint density at radius 1 is 1.50 bits per heavy atom. The first-order chi connectivity index (χ1) is 6.59. The molecule has 14 heavy (non-hydrogen) atoms. The van der Waals surface area contributed by atoms with Crippen molar-refractivity contribution in [2.75, 3.05) is 0 Å². The summed E-state index contributed by atoms with van der Waals surface area (Å²) in [7, 11) is 0. The van der Waals surface area contributed by atoms with Crippen LogP contribution in [-0.2, 0) is 6.42 Å². The molecule has 4 heteroatoms. The first-order valence-corrected chi connectivity index (χ1v) is 5.59. The van der Waals surface area contributed by atoms with Gasteiger partial charge >= 0.3 is 0 Å². The quantitative estimate of drug-likeness (QED) is 0.900. The minimum atomic E-state index is 0.182. The van der Waals surface area contributed by atoms with Gasteiger partial charge in [-0.2, -0.15) is 0 Å². The standard InChI is InChI=1S/C10H16BrN3/c1-7(2)3-8(12)4-10-9(11)5-13-6-14-10/h5-8H,3-4,12H2,1-2H3. The van der Waals surface area contributed by atoms with Gasteiger partial charge in [-0.05, 0) is 28.3 Å². The Kier molecular flexibility index (Phi) is 4.48. The molecule has 0 amide bonds. The molecule has 2 N–H and O–H groups in total. The van der Waals surface area contributed by atoms with Crippen LogP contribution in [0.2, 0.25) is 0 Å². The number of halogens is 1. The van der Waals surface area contributed by atoms with E-state index in [0.717, 1.165) is 23.0 Å². The Labute approximate surface area is 93.3 Å². The average molecular weight is 258 g/mol. The zero-order valence-electron chi connectivity index (χ0n) is 8.57. The molecule has 1 aromatic rings. The van der Waals surface area contributed by atoms with Gasteiger partial charge in [0.15, 0.2) is 0 Å². The summed E-state index contributed by atoms with van der Waals surface area (Å²) in [5.41, 5.74) is 6.99. The van der Waals surface area contributed by atoms with Crippen LogP contribution in [0.15, 0.2) is 17.0 Å². The molecule has 1 aromatic heterocycles. The van der Waals surface area contributed by atoms with Gasteiger partial charge in [-0.15, -0.1) is 0 Å². The molecule has 0 aliphatic rings. The molecule has 0 aliphatic heterocycles. The minimum Gasteiger partial charge on any atom is -0.327 e. The molecule has 0 spiro atoms. The summed E-state index contributed by atoms with van der Waals surface area (Å²) in [6, 6.07) is 0.182. The van der Waals surface area contributed by atoms with E-state index in [4.69, 9.17) is 5.73 Å². The molecule has 0 fully saturated rings. The van der Waals surface area contributed by atoms with E-state index in [1.165, 1.54) is 0 Å². The van der Waals surface area contributed by atoms with E-state index >= 15 is 0 Å². The van der Waals surface area contributed by atoms with Crippen LogP contribution in [-0.4, -0.2) is 16.0 Å². The molecule has 0 aromatic carbocycles. The Morgan fingerprint density at radius 3 is 2.79 bits per heavy atom. The lowest BCUT2D eigenvalue weighted by Gasteiger charge is -2.13. The lowest BCUT2D eigenvalue weighted by atomic mass is 10.0. The van der Waals surface area contributed by atoms with Crippen LogP contribution in [0, 0.1) is 5.92 Å². The topological polar surface area (TPSA) is 51.8 Å². The maximum atomic E-state index is 5.99. The molecule has 3 nitrogen and oxygen atoms in total. The van der Waals surface area contributed by atoms with Crippen LogP contribution in [0.1, 0.15) is 26.0 Å². The predicted molar refractivity (Wildman–Crippen MR) is 60.9 cm³/mol. The third kappa shape index (κ3) is 3.72. The van der Waals surface area contributed by atoms with Crippen molar-refractivity contribution in [2.45, 2.75) is 32.7 Å². The molecule has 0 saturated carbocycles. The number of hydrogen-bond donors (Lipinski definition) is 1. The van der Waals surface area contributed by atoms with E-state index in [1.54, 1.807) is 12.5 Å². The van der Waals surface area contributed by atoms with Crippen LogP contribution in [0.25, 0.3) is 0 Å². The second-order valence-electron chi connectivity index (χ2n) is 3.91. The second-order valence-corrected chi connectivity index (χ2v) is 4.77. The summed E-state index contributed by atoms with van der Waals surface area (Å²) in [5.74, 6) is 0.630. The summed E-state index contributed by atoms with van der Waals surface area (Å²) in [4.78, 5) is 8.10. The highest BCUT2D eigenvalue weighted by Crippen LogP contribution is 2.15. The number of nitrogens with zero attached hydrogens (tertiary/aromatic N) is 2. The van der Waals surface area contributed by atoms with Gasteiger partial charge in [0.05, 0.1) is 10.2 Å². The van der Waals surface area contributed by atoms with Crippen LogP contribution in [0.4, 0.5) is 0 Å². The molecule has 78 valence electrons. The van der Waals surface area contributed by atoms with E-state index in [9.17, 15) is 0 Å². The van der Waals surface area contributed by atoms with Crippen LogP contribution < -0.4 is 5.73 Å². The first kappa shape index (κ1) is 11.6. The van der Waals surface area contributed by atoms with Gasteiger partial charge in [0, 0.05) is 18.7 Å². The highest BCUT2D eigenvalue weighted by Gasteiger charge is 2.09. The van der Waals surface area contributed by atoms with Crippen molar-refractivity contribution in [1.29, 1.82) is 0 Å². The predicted octanol–water partition coefficient (Wildman–Crippen LogP) is 2.16. The van der Waals surface area contributed by atoms with Crippen LogP contribution in [0.3, 0.4) is 0 Å². The number of nitrogens with two attached hydrogens (primary N) is 1. The number of aromatic nitrogens is 2. The zero-order chi connectivity index (χ0) is 10.6. The maximum absolute atomic E-state index is 5.99. The molecule has 1 unspecified atom stereocenters. The Morgan fingerprint density at radius 2 is 2.21 bits per heavy atom. The normalized spacial score (nSPS) is 13.2. The Hall–Kier alpha value is -0.480. The van der Waals surface area contributed by atoms with E-state index in [1.807, 2.05) is 0 Å². The van der Waals surface area contributed by atoms with Gasteiger partial charge in [0.2, 0.25) is 0 Å². The van der Waals surface area contributed by atoms with Gasteiger partial charge in [-0.1, -0.05) is 13.8 Å². The van der Waals surface area contributed by atoms with Gasteiger partial charge in [0.1, 0.15) is 6.33 Å². The molecular formula is C10H16BrN3. The summed E-state index contributed by atoms with van der Waals surface area (Å²) < 4.78 is 0.944. The highest BCUT2D eigenvalue weighted by molar-refractivity contribution is 9.10. The lowest BCUT2D eigenvalue weighted by Crippen LogP contribution is -2.25. The van der Waals surface area contributed by atoms with Crippen molar-refractivity contribution in [1.82, 2.24) is 9.97 Å². The Balaban J connectivity index is 2.56. The van der Waals surface area contributed by atoms with E-state index in [-0.39, 0.29) is 6.04 Å². The largest absolute Gasteiger partial charge is 0.327 e. The molecular weight excluding hydrogens is 242 g/mol. The maximum Gasteiger partial charge on any atom is 0.115 e. The highest BCUT2D eigenvalue weighted by atomic mass is 79.9. The van der Waals surface area contributed by atoms with Crippen molar-refractivity contribution in [3.63, 3.8) is 0 Å². The minimum absolute atomic E-state index is 0.182. The molecule has 0 bridgehead atoms. The summed E-state index contributed by atoms with van der Waals surface area (Å²) in [6.45, 7) is 4.35. The van der Waals surface area contributed by atoms with Crippen molar-refractivity contribution in [3.05, 3.63) is 22.7 Å². The van der Waals surface area contributed by atoms with Crippen molar-refractivity contribution in [2.24, 2.45) is 11.7 Å². The fraction of sp³-hybridized carbons (Fsp3) is 0.600. The number of rotatable bonds is 4. The molecule has 1 heterocycles. The van der Waals surface area contributed by atoms with E-state index < -0.39 is 0 Å². The van der Waals surface area contributed by atoms with E-state index in [2.05, 4.69) is 39.7 Å². The first-order valence-electron chi connectivity index (χ1n) is 4.79. The third-order valence-electron chi connectivity index (χ3n) is 1.97. The second kappa shape index (κ2) is 5.41. The zero-order valence-corrected chi connectivity index (χ0v) is 10.2. The fourth-order valence-electron chi connectivity index (χ4n) is 1.43. The third-order valence-corrected chi connectivity index (χ3v) is 2.64. The van der Waals surface area contributed by atoms with Crippen LogP contribution in [0.5, 0.6) is 0 Å². The molecule has 0 saturated heterocycles. The lowest BCUT2D eigenvalue weighted by molar-refractivity contribution is 0.489. The summed E-state index contributed by atoms with van der Waals surface area (Å²) >= 11 is 3.41. The summed E-state index contributed by atoms with van der Waals surface area (Å²) in [6.07, 6.45) is 5.14. The average Bonchev–Trinajstić information content (AvgIpc) is 2.07.